The molecule has 1 N–H and O–H groups in total. The van der Waals surface area contributed by atoms with Gasteiger partial charge in [0, 0.05) is 18.4 Å². The van der Waals surface area contributed by atoms with Crippen LogP contribution in [0.3, 0.4) is 0 Å². The lowest BCUT2D eigenvalue weighted by molar-refractivity contribution is 0.399. The molecular formula is C15H22N4O. The Hall–Kier alpha value is -1.88. The molecule has 0 bridgehead atoms. The SMILES string of the molecule is CCNC(c1cccnc1C)c1c(OC)cnn1CC. The van der Waals surface area contributed by atoms with Crippen LogP contribution in [0.25, 0.3) is 0 Å². The van der Waals surface area contributed by atoms with Crippen molar-refractivity contribution in [2.24, 2.45) is 0 Å². The molecule has 0 aliphatic carbocycles. The summed E-state index contributed by atoms with van der Waals surface area (Å²) >= 11 is 0. The van der Waals surface area contributed by atoms with Gasteiger partial charge in [0.25, 0.3) is 0 Å². The van der Waals surface area contributed by atoms with Gasteiger partial charge in [0.1, 0.15) is 5.69 Å². The van der Waals surface area contributed by atoms with Crippen molar-refractivity contribution in [1.82, 2.24) is 20.1 Å². The maximum Gasteiger partial charge on any atom is 0.161 e. The number of hydrogen-bond acceptors (Lipinski definition) is 4. The van der Waals surface area contributed by atoms with E-state index in [0.29, 0.717) is 0 Å². The average Bonchev–Trinajstić information content (AvgIpc) is 2.88. The number of pyridine rings is 1. The third-order valence-corrected chi connectivity index (χ3v) is 3.40. The van der Waals surface area contributed by atoms with Gasteiger partial charge in [-0.1, -0.05) is 13.0 Å². The Morgan fingerprint density at radius 1 is 1.40 bits per heavy atom. The molecule has 20 heavy (non-hydrogen) atoms. The number of nitrogens with zero attached hydrogens (tertiary/aromatic N) is 3. The van der Waals surface area contributed by atoms with Crippen LogP contribution in [0.4, 0.5) is 0 Å². The van der Waals surface area contributed by atoms with Gasteiger partial charge in [-0.3, -0.25) is 9.67 Å². The van der Waals surface area contributed by atoms with E-state index in [4.69, 9.17) is 4.74 Å². The highest BCUT2D eigenvalue weighted by Crippen LogP contribution is 2.30. The van der Waals surface area contributed by atoms with Crippen LogP contribution in [0.5, 0.6) is 5.75 Å². The van der Waals surface area contributed by atoms with Crippen molar-refractivity contribution in [3.63, 3.8) is 0 Å². The zero-order chi connectivity index (χ0) is 14.5. The summed E-state index contributed by atoms with van der Waals surface area (Å²) in [5.74, 6) is 0.807. The lowest BCUT2D eigenvalue weighted by atomic mass is 10.0. The van der Waals surface area contributed by atoms with Gasteiger partial charge in [-0.2, -0.15) is 5.10 Å². The molecule has 1 atom stereocenters. The number of ether oxygens (including phenoxy) is 1. The Balaban J connectivity index is 2.54. The van der Waals surface area contributed by atoms with Crippen molar-refractivity contribution in [2.75, 3.05) is 13.7 Å². The van der Waals surface area contributed by atoms with Crippen LogP contribution in [-0.2, 0) is 6.54 Å². The summed E-state index contributed by atoms with van der Waals surface area (Å²) < 4.78 is 7.44. The van der Waals surface area contributed by atoms with Gasteiger partial charge in [0.2, 0.25) is 0 Å². The van der Waals surface area contributed by atoms with Gasteiger partial charge in [0.05, 0.1) is 19.3 Å². The molecule has 0 radical (unpaired) electrons. The van der Waals surface area contributed by atoms with Gasteiger partial charge in [-0.05, 0) is 32.0 Å². The Morgan fingerprint density at radius 3 is 2.80 bits per heavy atom. The van der Waals surface area contributed by atoms with Gasteiger partial charge >= 0.3 is 0 Å². The van der Waals surface area contributed by atoms with E-state index >= 15 is 0 Å². The monoisotopic (exact) mass is 274 g/mol. The molecule has 2 heterocycles. The second kappa shape index (κ2) is 6.52. The third-order valence-electron chi connectivity index (χ3n) is 3.40. The van der Waals surface area contributed by atoms with Gasteiger partial charge in [0.15, 0.2) is 5.75 Å². The molecule has 2 rings (SSSR count). The minimum absolute atomic E-state index is 0.0334. The highest BCUT2D eigenvalue weighted by Gasteiger charge is 2.24. The van der Waals surface area contributed by atoms with E-state index in [9.17, 15) is 0 Å². The predicted molar refractivity (Wildman–Crippen MR) is 78.9 cm³/mol. The largest absolute Gasteiger partial charge is 0.493 e. The molecule has 2 aromatic heterocycles. The molecule has 0 aliphatic heterocycles. The van der Waals surface area contributed by atoms with Crippen LogP contribution >= 0.6 is 0 Å². The van der Waals surface area contributed by atoms with Crippen molar-refractivity contribution in [2.45, 2.75) is 33.4 Å². The third kappa shape index (κ3) is 2.67. The molecule has 5 heteroatoms. The minimum Gasteiger partial charge on any atom is -0.493 e. The molecule has 1 unspecified atom stereocenters. The first-order chi connectivity index (χ1) is 9.72. The fraction of sp³-hybridized carbons (Fsp3) is 0.467. The molecule has 0 fully saturated rings. The van der Waals surface area contributed by atoms with E-state index in [1.54, 1.807) is 13.3 Å². The molecule has 0 aromatic carbocycles. The van der Waals surface area contributed by atoms with Gasteiger partial charge < -0.3 is 10.1 Å². The molecule has 0 spiro atoms. The maximum atomic E-state index is 5.47. The number of methoxy groups -OCH3 is 1. The lowest BCUT2D eigenvalue weighted by Gasteiger charge is -2.21. The number of hydrogen-bond donors (Lipinski definition) is 1. The average molecular weight is 274 g/mol. The van der Waals surface area contributed by atoms with E-state index < -0.39 is 0 Å². The summed E-state index contributed by atoms with van der Waals surface area (Å²) in [6.07, 6.45) is 3.59. The molecule has 0 amide bonds. The van der Waals surface area contributed by atoms with Crippen LogP contribution in [0.15, 0.2) is 24.5 Å². The summed E-state index contributed by atoms with van der Waals surface area (Å²) in [5.41, 5.74) is 3.22. The number of aromatic nitrogens is 3. The Morgan fingerprint density at radius 2 is 2.20 bits per heavy atom. The zero-order valence-electron chi connectivity index (χ0n) is 12.6. The quantitative estimate of drug-likeness (QED) is 0.878. The van der Waals surface area contributed by atoms with Gasteiger partial charge in [-0.15, -0.1) is 0 Å². The second-order valence-corrected chi connectivity index (χ2v) is 4.58. The van der Waals surface area contributed by atoms with Crippen molar-refractivity contribution in [3.05, 3.63) is 41.5 Å². The second-order valence-electron chi connectivity index (χ2n) is 4.58. The summed E-state index contributed by atoms with van der Waals surface area (Å²) in [5, 5.41) is 7.91. The summed E-state index contributed by atoms with van der Waals surface area (Å²) in [4.78, 5) is 4.39. The topological polar surface area (TPSA) is 52.0 Å². The van der Waals surface area contributed by atoms with Crippen LogP contribution in [-0.4, -0.2) is 28.4 Å². The first-order valence-electron chi connectivity index (χ1n) is 6.97. The fourth-order valence-corrected chi connectivity index (χ4v) is 2.44. The summed E-state index contributed by atoms with van der Waals surface area (Å²) in [6.45, 7) is 7.86. The standard InChI is InChI=1S/C15H22N4O/c1-5-16-14(12-8-7-9-17-11(12)3)15-13(20-4)10-18-19(15)6-2/h7-10,14,16H,5-6H2,1-4H3. The van der Waals surface area contributed by atoms with Crippen molar-refractivity contribution in [3.8, 4) is 5.75 Å². The first-order valence-corrected chi connectivity index (χ1v) is 6.97. The molecule has 0 aliphatic rings. The summed E-state index contributed by atoms with van der Waals surface area (Å²) in [7, 11) is 1.68. The lowest BCUT2D eigenvalue weighted by Crippen LogP contribution is -2.26. The maximum absolute atomic E-state index is 5.47. The molecule has 5 nitrogen and oxygen atoms in total. The summed E-state index contributed by atoms with van der Waals surface area (Å²) in [6, 6.07) is 4.10. The highest BCUT2D eigenvalue weighted by atomic mass is 16.5. The van der Waals surface area contributed by atoms with E-state index in [1.165, 1.54) is 0 Å². The van der Waals surface area contributed by atoms with E-state index in [0.717, 1.165) is 35.8 Å². The predicted octanol–water partition coefficient (Wildman–Crippen LogP) is 2.31. The molecule has 2 aromatic rings. The zero-order valence-corrected chi connectivity index (χ0v) is 12.6. The Kier molecular flexibility index (Phi) is 4.74. The molecular weight excluding hydrogens is 252 g/mol. The minimum atomic E-state index is 0.0334. The smallest absolute Gasteiger partial charge is 0.161 e. The van der Waals surface area contributed by atoms with Crippen molar-refractivity contribution >= 4 is 0 Å². The number of aryl methyl sites for hydroxylation is 2. The van der Waals surface area contributed by atoms with Crippen molar-refractivity contribution in [1.29, 1.82) is 0 Å². The van der Waals surface area contributed by atoms with Crippen LogP contribution < -0.4 is 10.1 Å². The normalized spacial score (nSPS) is 12.4. The number of nitrogens with one attached hydrogen (secondary N) is 1. The van der Waals surface area contributed by atoms with E-state index in [1.807, 2.05) is 23.9 Å². The number of rotatable bonds is 6. The Bertz CT molecular complexity index is 543. The first kappa shape index (κ1) is 14.5. The fourth-order valence-electron chi connectivity index (χ4n) is 2.44. The van der Waals surface area contributed by atoms with Crippen LogP contribution in [0.1, 0.15) is 36.8 Å². The van der Waals surface area contributed by atoms with Gasteiger partial charge in [-0.25, -0.2) is 0 Å². The highest BCUT2D eigenvalue weighted by molar-refractivity contribution is 5.37. The van der Waals surface area contributed by atoms with Crippen LogP contribution in [0.2, 0.25) is 0 Å². The van der Waals surface area contributed by atoms with E-state index in [2.05, 4.69) is 35.3 Å². The molecule has 108 valence electrons. The molecule has 0 saturated carbocycles. The van der Waals surface area contributed by atoms with Crippen LogP contribution in [0, 0.1) is 6.92 Å². The molecule has 0 saturated heterocycles. The van der Waals surface area contributed by atoms with Crippen molar-refractivity contribution < 1.29 is 4.74 Å². The van der Waals surface area contributed by atoms with E-state index in [-0.39, 0.29) is 6.04 Å². The Labute approximate surface area is 120 Å².